The minimum Gasteiger partial charge on any atom is -0.489 e. The van der Waals surface area contributed by atoms with Crippen LogP contribution in [0.4, 0.5) is 0 Å². The van der Waals surface area contributed by atoms with E-state index in [2.05, 4.69) is 4.72 Å². The SMILES string of the molecule is CS(=O)(=O)NCc1ccccc1OCc1ccccc1. The molecule has 0 unspecified atom stereocenters. The van der Waals surface area contributed by atoms with Crippen molar-refractivity contribution in [3.63, 3.8) is 0 Å². The normalized spacial score (nSPS) is 11.2. The van der Waals surface area contributed by atoms with Gasteiger partial charge in [0.25, 0.3) is 0 Å². The van der Waals surface area contributed by atoms with Crippen molar-refractivity contribution in [1.29, 1.82) is 0 Å². The number of hydrogen-bond acceptors (Lipinski definition) is 3. The van der Waals surface area contributed by atoms with Crippen molar-refractivity contribution in [3.05, 3.63) is 65.7 Å². The van der Waals surface area contributed by atoms with E-state index in [1.807, 2.05) is 54.6 Å². The third kappa shape index (κ3) is 4.68. The van der Waals surface area contributed by atoms with Gasteiger partial charge in [-0.1, -0.05) is 48.5 Å². The summed E-state index contributed by atoms with van der Waals surface area (Å²) in [5, 5.41) is 0. The van der Waals surface area contributed by atoms with Gasteiger partial charge in [-0.25, -0.2) is 13.1 Å². The summed E-state index contributed by atoms with van der Waals surface area (Å²) in [6.07, 6.45) is 1.14. The molecule has 2 rings (SSSR count). The molecule has 0 saturated carbocycles. The molecule has 0 heterocycles. The molecule has 2 aromatic carbocycles. The van der Waals surface area contributed by atoms with Crippen molar-refractivity contribution >= 4 is 10.0 Å². The number of rotatable bonds is 6. The summed E-state index contributed by atoms with van der Waals surface area (Å²) in [7, 11) is -3.21. The quantitative estimate of drug-likeness (QED) is 0.888. The third-order valence-electron chi connectivity index (χ3n) is 2.73. The summed E-state index contributed by atoms with van der Waals surface area (Å²) < 4.78 is 30.5. The van der Waals surface area contributed by atoms with E-state index in [-0.39, 0.29) is 6.54 Å². The first kappa shape index (κ1) is 14.6. The highest BCUT2D eigenvalue weighted by atomic mass is 32.2. The van der Waals surface area contributed by atoms with Crippen molar-refractivity contribution in [3.8, 4) is 5.75 Å². The van der Waals surface area contributed by atoms with Crippen molar-refractivity contribution in [1.82, 2.24) is 4.72 Å². The zero-order chi connectivity index (χ0) is 14.4. The van der Waals surface area contributed by atoms with Crippen LogP contribution in [0.15, 0.2) is 54.6 Å². The zero-order valence-electron chi connectivity index (χ0n) is 11.2. The van der Waals surface area contributed by atoms with E-state index in [4.69, 9.17) is 4.74 Å². The van der Waals surface area contributed by atoms with Gasteiger partial charge in [0, 0.05) is 12.1 Å². The molecule has 0 atom stereocenters. The molecule has 0 amide bonds. The topological polar surface area (TPSA) is 55.4 Å². The Hall–Kier alpha value is -1.85. The van der Waals surface area contributed by atoms with Crippen LogP contribution in [0.25, 0.3) is 0 Å². The van der Waals surface area contributed by atoms with E-state index in [0.29, 0.717) is 12.4 Å². The van der Waals surface area contributed by atoms with E-state index >= 15 is 0 Å². The Bertz CT molecular complexity index is 654. The Morgan fingerprint density at radius 1 is 1.00 bits per heavy atom. The van der Waals surface area contributed by atoms with Gasteiger partial charge in [0.15, 0.2) is 0 Å². The molecule has 20 heavy (non-hydrogen) atoms. The summed E-state index contributed by atoms with van der Waals surface area (Å²) >= 11 is 0. The average Bonchev–Trinajstić information content (AvgIpc) is 2.44. The highest BCUT2D eigenvalue weighted by molar-refractivity contribution is 7.88. The van der Waals surface area contributed by atoms with E-state index in [9.17, 15) is 8.42 Å². The van der Waals surface area contributed by atoms with E-state index in [1.54, 1.807) is 0 Å². The van der Waals surface area contributed by atoms with Crippen LogP contribution in [0.5, 0.6) is 5.75 Å². The number of ether oxygens (including phenoxy) is 1. The Morgan fingerprint density at radius 3 is 2.35 bits per heavy atom. The molecule has 1 N–H and O–H groups in total. The van der Waals surface area contributed by atoms with Crippen LogP contribution in [-0.2, 0) is 23.2 Å². The monoisotopic (exact) mass is 291 g/mol. The standard InChI is InChI=1S/C15H17NO3S/c1-20(17,18)16-11-14-9-5-6-10-15(14)19-12-13-7-3-2-4-8-13/h2-10,16H,11-12H2,1H3. The van der Waals surface area contributed by atoms with Gasteiger partial charge in [-0.3, -0.25) is 0 Å². The molecule has 0 radical (unpaired) electrons. The average molecular weight is 291 g/mol. The maximum Gasteiger partial charge on any atom is 0.209 e. The number of hydrogen-bond donors (Lipinski definition) is 1. The van der Waals surface area contributed by atoms with Gasteiger partial charge < -0.3 is 4.74 Å². The second kappa shape index (κ2) is 6.54. The Kier molecular flexibility index (Phi) is 4.76. The first-order valence-corrected chi connectivity index (χ1v) is 8.13. The fraction of sp³-hybridized carbons (Fsp3) is 0.200. The first-order valence-electron chi connectivity index (χ1n) is 6.24. The highest BCUT2D eigenvalue weighted by Gasteiger charge is 2.06. The lowest BCUT2D eigenvalue weighted by Crippen LogP contribution is -2.21. The fourth-order valence-corrected chi connectivity index (χ4v) is 2.15. The number of benzene rings is 2. The molecular formula is C15H17NO3S. The van der Waals surface area contributed by atoms with Gasteiger partial charge in [0.05, 0.1) is 6.26 Å². The highest BCUT2D eigenvalue weighted by Crippen LogP contribution is 2.19. The van der Waals surface area contributed by atoms with Crippen LogP contribution in [-0.4, -0.2) is 14.7 Å². The fourth-order valence-electron chi connectivity index (χ4n) is 1.73. The van der Waals surface area contributed by atoms with Gasteiger partial charge in [0.2, 0.25) is 10.0 Å². The van der Waals surface area contributed by atoms with Crippen LogP contribution in [0.2, 0.25) is 0 Å². The van der Waals surface area contributed by atoms with Crippen LogP contribution in [0.3, 0.4) is 0 Å². The van der Waals surface area contributed by atoms with Gasteiger partial charge in [-0.2, -0.15) is 0 Å². The predicted octanol–water partition coefficient (Wildman–Crippen LogP) is 2.31. The first-order chi connectivity index (χ1) is 9.54. The summed E-state index contributed by atoms with van der Waals surface area (Å²) in [6.45, 7) is 0.681. The Labute approximate surface area is 119 Å². The minimum absolute atomic E-state index is 0.226. The van der Waals surface area contributed by atoms with E-state index in [0.717, 1.165) is 17.4 Å². The molecule has 5 heteroatoms. The van der Waals surface area contributed by atoms with Gasteiger partial charge in [0.1, 0.15) is 12.4 Å². The van der Waals surface area contributed by atoms with Crippen LogP contribution < -0.4 is 9.46 Å². The molecule has 2 aromatic rings. The molecule has 0 aromatic heterocycles. The Balaban J connectivity index is 2.04. The molecule has 0 aliphatic rings. The third-order valence-corrected chi connectivity index (χ3v) is 3.40. The molecule has 0 saturated heterocycles. The molecule has 0 spiro atoms. The molecule has 0 aliphatic heterocycles. The summed E-state index contributed by atoms with van der Waals surface area (Å²) in [5.41, 5.74) is 1.88. The summed E-state index contributed by atoms with van der Waals surface area (Å²) in [4.78, 5) is 0. The second-order valence-corrected chi connectivity index (χ2v) is 6.31. The lowest BCUT2D eigenvalue weighted by molar-refractivity contribution is 0.302. The smallest absolute Gasteiger partial charge is 0.209 e. The Morgan fingerprint density at radius 2 is 1.65 bits per heavy atom. The van der Waals surface area contributed by atoms with Crippen molar-refractivity contribution < 1.29 is 13.2 Å². The van der Waals surface area contributed by atoms with Crippen molar-refractivity contribution in [2.75, 3.05) is 6.26 Å². The van der Waals surface area contributed by atoms with Crippen LogP contribution >= 0.6 is 0 Å². The van der Waals surface area contributed by atoms with Crippen LogP contribution in [0.1, 0.15) is 11.1 Å². The molecule has 0 bridgehead atoms. The maximum absolute atomic E-state index is 11.1. The number of para-hydroxylation sites is 1. The van der Waals surface area contributed by atoms with E-state index in [1.165, 1.54) is 0 Å². The van der Waals surface area contributed by atoms with Crippen molar-refractivity contribution in [2.24, 2.45) is 0 Å². The van der Waals surface area contributed by atoms with Gasteiger partial charge >= 0.3 is 0 Å². The maximum atomic E-state index is 11.1. The lowest BCUT2D eigenvalue weighted by Gasteiger charge is -2.11. The minimum atomic E-state index is -3.21. The molecule has 4 nitrogen and oxygen atoms in total. The predicted molar refractivity (Wildman–Crippen MR) is 78.9 cm³/mol. The van der Waals surface area contributed by atoms with Gasteiger partial charge in [-0.05, 0) is 11.6 Å². The molecule has 0 aliphatic carbocycles. The number of sulfonamides is 1. The second-order valence-electron chi connectivity index (χ2n) is 4.48. The van der Waals surface area contributed by atoms with Gasteiger partial charge in [-0.15, -0.1) is 0 Å². The van der Waals surface area contributed by atoms with Crippen LogP contribution in [0, 0.1) is 0 Å². The number of nitrogens with one attached hydrogen (secondary N) is 1. The summed E-state index contributed by atoms with van der Waals surface area (Å²) in [6, 6.07) is 17.2. The zero-order valence-corrected chi connectivity index (χ0v) is 12.1. The largest absolute Gasteiger partial charge is 0.489 e. The lowest BCUT2D eigenvalue weighted by atomic mass is 10.2. The van der Waals surface area contributed by atoms with E-state index < -0.39 is 10.0 Å². The molecule has 0 fully saturated rings. The molecular weight excluding hydrogens is 274 g/mol. The molecule has 106 valence electrons. The summed E-state index contributed by atoms with van der Waals surface area (Å²) in [5.74, 6) is 0.688. The van der Waals surface area contributed by atoms with Crippen molar-refractivity contribution in [2.45, 2.75) is 13.2 Å².